The second-order valence-corrected chi connectivity index (χ2v) is 9.68. The van der Waals surface area contributed by atoms with E-state index in [1.807, 2.05) is 66.7 Å². The number of hydrogen-bond acceptors (Lipinski definition) is 6. The average Bonchev–Trinajstić information content (AvgIpc) is 3.38. The maximum atomic E-state index is 11.1. The van der Waals surface area contributed by atoms with Crippen molar-refractivity contribution in [2.45, 2.75) is 12.5 Å². The fourth-order valence-electron chi connectivity index (χ4n) is 4.64. The molecule has 0 saturated carbocycles. The molecule has 38 heavy (non-hydrogen) atoms. The van der Waals surface area contributed by atoms with Gasteiger partial charge in [0.25, 0.3) is 5.69 Å². The Balaban J connectivity index is 1.53. The van der Waals surface area contributed by atoms with Crippen LogP contribution < -0.4 is 5.01 Å². The van der Waals surface area contributed by atoms with Crippen LogP contribution in [-0.4, -0.2) is 20.6 Å². The van der Waals surface area contributed by atoms with Crippen LogP contribution in [0.5, 0.6) is 0 Å². The molecule has 0 aliphatic carbocycles. The van der Waals surface area contributed by atoms with Crippen LogP contribution in [0, 0.1) is 10.1 Å². The summed E-state index contributed by atoms with van der Waals surface area (Å²) in [5, 5.41) is 19.9. The van der Waals surface area contributed by atoms with E-state index < -0.39 is 4.92 Å². The maximum Gasteiger partial charge on any atom is 0.269 e. The first-order valence-electron chi connectivity index (χ1n) is 11.9. The number of rotatable bonds is 5. The van der Waals surface area contributed by atoms with Crippen molar-refractivity contribution in [3.05, 3.63) is 128 Å². The first kappa shape index (κ1) is 24.0. The summed E-state index contributed by atoms with van der Waals surface area (Å²) in [4.78, 5) is 20.6. The van der Waals surface area contributed by atoms with Crippen LogP contribution in [0.2, 0.25) is 10.0 Å². The monoisotopic (exact) mass is 539 g/mol. The van der Waals surface area contributed by atoms with E-state index in [0.717, 1.165) is 39.0 Å². The number of nitrogens with zero attached hydrogens (tertiary/aromatic N) is 5. The highest BCUT2D eigenvalue weighted by molar-refractivity contribution is 6.31. The largest absolute Gasteiger partial charge is 0.269 e. The summed E-state index contributed by atoms with van der Waals surface area (Å²) in [6.45, 7) is 0. The van der Waals surface area contributed by atoms with E-state index in [1.54, 1.807) is 23.2 Å². The Morgan fingerprint density at radius 1 is 0.842 bits per heavy atom. The summed E-state index contributed by atoms with van der Waals surface area (Å²) >= 11 is 13.0. The Kier molecular flexibility index (Phi) is 6.23. The van der Waals surface area contributed by atoms with Crippen LogP contribution in [0.15, 0.2) is 102 Å². The zero-order valence-electron chi connectivity index (χ0n) is 19.8. The molecule has 9 heteroatoms. The summed E-state index contributed by atoms with van der Waals surface area (Å²) in [5.41, 5.74) is 4.85. The summed E-state index contributed by atoms with van der Waals surface area (Å²) < 4.78 is 0. The normalized spacial score (nSPS) is 15.1. The van der Waals surface area contributed by atoms with Crippen molar-refractivity contribution >= 4 is 51.5 Å². The molecule has 1 aromatic heterocycles. The molecule has 7 nitrogen and oxygen atoms in total. The molecule has 0 spiro atoms. The van der Waals surface area contributed by atoms with Gasteiger partial charge in [0.2, 0.25) is 5.95 Å². The van der Waals surface area contributed by atoms with Crippen molar-refractivity contribution in [1.82, 2.24) is 9.97 Å². The van der Waals surface area contributed by atoms with Gasteiger partial charge in [0.1, 0.15) is 0 Å². The summed E-state index contributed by atoms with van der Waals surface area (Å²) in [6, 6.07) is 29.1. The van der Waals surface area contributed by atoms with E-state index in [0.29, 0.717) is 22.4 Å². The van der Waals surface area contributed by atoms with Crippen molar-refractivity contribution in [3.63, 3.8) is 0 Å². The third-order valence-corrected chi connectivity index (χ3v) is 7.06. The predicted molar refractivity (Wildman–Crippen MR) is 151 cm³/mol. The highest BCUT2D eigenvalue weighted by Crippen LogP contribution is 2.40. The Morgan fingerprint density at radius 3 is 2.32 bits per heavy atom. The van der Waals surface area contributed by atoms with Gasteiger partial charge < -0.3 is 0 Å². The van der Waals surface area contributed by atoms with Crippen molar-refractivity contribution in [2.75, 3.05) is 5.01 Å². The lowest BCUT2D eigenvalue weighted by atomic mass is 9.98. The van der Waals surface area contributed by atoms with Crippen LogP contribution in [-0.2, 0) is 0 Å². The number of non-ortho nitro benzene ring substituents is 1. The van der Waals surface area contributed by atoms with Gasteiger partial charge in [-0.05, 0) is 47.5 Å². The highest BCUT2D eigenvalue weighted by atomic mass is 35.5. The second-order valence-electron chi connectivity index (χ2n) is 8.84. The van der Waals surface area contributed by atoms with Crippen LogP contribution in [0.1, 0.15) is 23.6 Å². The molecule has 0 unspecified atom stereocenters. The Hall–Kier alpha value is -4.33. The molecule has 0 saturated heterocycles. The van der Waals surface area contributed by atoms with E-state index in [1.165, 1.54) is 12.1 Å². The van der Waals surface area contributed by atoms with Crippen molar-refractivity contribution in [1.29, 1.82) is 0 Å². The number of halogens is 2. The smallest absolute Gasteiger partial charge is 0.258 e. The minimum absolute atomic E-state index is 0.0240. The van der Waals surface area contributed by atoms with E-state index in [2.05, 4.69) is 0 Å². The molecule has 0 fully saturated rings. The van der Waals surface area contributed by atoms with Crippen LogP contribution in [0.3, 0.4) is 0 Å². The van der Waals surface area contributed by atoms with Gasteiger partial charge in [-0.1, -0.05) is 71.7 Å². The predicted octanol–water partition coefficient (Wildman–Crippen LogP) is 7.87. The molecule has 1 atom stereocenters. The molecule has 1 aliphatic heterocycles. The Morgan fingerprint density at radius 2 is 1.58 bits per heavy atom. The van der Waals surface area contributed by atoms with Gasteiger partial charge >= 0.3 is 0 Å². The summed E-state index contributed by atoms with van der Waals surface area (Å²) in [5.74, 6) is 0.417. The molecule has 0 N–H and O–H groups in total. The molecule has 0 bridgehead atoms. The minimum Gasteiger partial charge on any atom is -0.258 e. The van der Waals surface area contributed by atoms with Gasteiger partial charge in [-0.2, -0.15) is 5.10 Å². The lowest BCUT2D eigenvalue weighted by molar-refractivity contribution is -0.384. The van der Waals surface area contributed by atoms with Crippen molar-refractivity contribution in [3.8, 4) is 11.3 Å². The van der Waals surface area contributed by atoms with Gasteiger partial charge in [0, 0.05) is 39.5 Å². The maximum absolute atomic E-state index is 11.1. The summed E-state index contributed by atoms with van der Waals surface area (Å²) in [7, 11) is 0. The van der Waals surface area contributed by atoms with E-state index in [-0.39, 0.29) is 11.7 Å². The molecule has 1 aliphatic rings. The molecule has 2 heterocycles. The van der Waals surface area contributed by atoms with Crippen molar-refractivity contribution in [2.24, 2.45) is 5.10 Å². The Labute approximate surface area is 228 Å². The topological polar surface area (TPSA) is 84.5 Å². The molecule has 4 aromatic carbocycles. The number of aromatic nitrogens is 2. The SMILES string of the molecule is O=[N+]([O-])c1ccc(C2=NN(c3nc(-c4ccccc4)c4cc(Cl)ccc4n3)[C@H](c3ccccc3Cl)C2)cc1. The molecular formula is C29H19Cl2N5O2. The number of nitro groups is 1. The minimum atomic E-state index is -0.417. The van der Waals surface area contributed by atoms with Crippen LogP contribution >= 0.6 is 23.2 Å². The number of hydrogen-bond donors (Lipinski definition) is 0. The first-order valence-corrected chi connectivity index (χ1v) is 12.6. The standard InChI is InChI=1S/C29H19Cl2N5O2/c30-20-12-15-25-23(16-20)28(19-6-2-1-3-7-19)33-29(32-25)35-27(22-8-4-5-9-24(22)31)17-26(34-35)18-10-13-21(14-11-18)36(37)38/h1-16,27H,17H2/t27-/m0/s1. The number of benzene rings is 4. The van der Waals surface area contributed by atoms with Gasteiger partial charge in [-0.25, -0.2) is 15.0 Å². The zero-order chi connectivity index (χ0) is 26.2. The number of anilines is 1. The number of hydrazone groups is 1. The quantitative estimate of drug-likeness (QED) is 0.167. The lowest BCUT2D eigenvalue weighted by Gasteiger charge is -2.23. The number of fused-ring (bicyclic) bond motifs is 1. The molecule has 6 rings (SSSR count). The van der Waals surface area contributed by atoms with Gasteiger partial charge in [0.15, 0.2) is 0 Å². The van der Waals surface area contributed by atoms with Gasteiger partial charge in [-0.3, -0.25) is 10.1 Å². The molecule has 5 aromatic rings. The zero-order valence-corrected chi connectivity index (χ0v) is 21.3. The third-order valence-electron chi connectivity index (χ3n) is 6.48. The molecular weight excluding hydrogens is 521 g/mol. The molecule has 0 radical (unpaired) electrons. The Bertz CT molecular complexity index is 1710. The van der Waals surface area contributed by atoms with Crippen LogP contribution in [0.25, 0.3) is 22.2 Å². The summed E-state index contributed by atoms with van der Waals surface area (Å²) in [6.07, 6.45) is 0.518. The van der Waals surface area contributed by atoms with Gasteiger partial charge in [0.05, 0.1) is 27.9 Å². The lowest BCUT2D eigenvalue weighted by Crippen LogP contribution is -2.21. The molecule has 186 valence electrons. The molecule has 0 amide bonds. The van der Waals surface area contributed by atoms with E-state index >= 15 is 0 Å². The number of nitro benzene ring substituents is 1. The fraction of sp³-hybridized carbons (Fsp3) is 0.0690. The fourth-order valence-corrected chi connectivity index (χ4v) is 5.07. The van der Waals surface area contributed by atoms with E-state index in [4.69, 9.17) is 38.3 Å². The van der Waals surface area contributed by atoms with E-state index in [9.17, 15) is 10.1 Å². The second kappa shape index (κ2) is 9.85. The third kappa shape index (κ3) is 4.47. The van der Waals surface area contributed by atoms with Crippen molar-refractivity contribution < 1.29 is 4.92 Å². The van der Waals surface area contributed by atoms with Gasteiger partial charge in [-0.15, -0.1) is 0 Å². The first-order chi connectivity index (χ1) is 18.5. The average molecular weight is 540 g/mol. The highest BCUT2D eigenvalue weighted by Gasteiger charge is 2.33. The van der Waals surface area contributed by atoms with Crippen LogP contribution in [0.4, 0.5) is 11.6 Å².